The van der Waals surface area contributed by atoms with Gasteiger partial charge in [-0.3, -0.25) is 4.79 Å². The minimum atomic E-state index is 0.184. The molecular weight excluding hydrogens is 230 g/mol. The molecule has 0 bridgehead atoms. The highest BCUT2D eigenvalue weighted by Gasteiger charge is 2.17. The third-order valence-electron chi connectivity index (χ3n) is 2.19. The monoisotopic (exact) mass is 249 g/mol. The first-order valence-electron chi connectivity index (χ1n) is 5.02. The summed E-state index contributed by atoms with van der Waals surface area (Å²) in [6.07, 6.45) is 2.08. The molecule has 0 rings (SSSR count). The summed E-state index contributed by atoms with van der Waals surface area (Å²) in [6, 6.07) is 0. The zero-order valence-corrected chi connectivity index (χ0v) is 10.4. The summed E-state index contributed by atoms with van der Waals surface area (Å²) in [5, 5.41) is 0.866. The number of nitrogens with zero attached hydrogens (tertiary/aromatic N) is 1. The predicted octanol–water partition coefficient (Wildman–Crippen LogP) is 2.67. The van der Waals surface area contributed by atoms with Crippen molar-refractivity contribution < 1.29 is 4.79 Å². The number of halogens is 1. The molecule has 0 fully saturated rings. The van der Waals surface area contributed by atoms with Crippen LogP contribution in [-0.4, -0.2) is 29.2 Å². The molecule has 0 spiro atoms. The highest BCUT2D eigenvalue weighted by molar-refractivity contribution is 9.09. The molecule has 1 atom stereocenters. The first-order valence-corrected chi connectivity index (χ1v) is 6.14. The van der Waals surface area contributed by atoms with Gasteiger partial charge in [-0.1, -0.05) is 36.2 Å². The SMILES string of the molecule is CCCC(C)C(=O)N(CC)CCBr. The molecule has 0 aliphatic heterocycles. The quantitative estimate of drug-likeness (QED) is 0.664. The predicted molar refractivity (Wildman–Crippen MR) is 60.1 cm³/mol. The van der Waals surface area contributed by atoms with Gasteiger partial charge in [0, 0.05) is 24.3 Å². The minimum Gasteiger partial charge on any atom is -0.342 e. The second-order valence-electron chi connectivity index (χ2n) is 3.30. The first kappa shape index (κ1) is 12.9. The number of carbonyl (C=O) groups excluding carboxylic acids is 1. The van der Waals surface area contributed by atoms with Crippen molar-refractivity contribution in [3.63, 3.8) is 0 Å². The number of rotatable bonds is 6. The summed E-state index contributed by atoms with van der Waals surface area (Å²) in [5.74, 6) is 0.479. The van der Waals surface area contributed by atoms with Crippen LogP contribution in [0, 0.1) is 5.92 Å². The Bertz CT molecular complexity index is 150. The van der Waals surface area contributed by atoms with Crippen molar-refractivity contribution in [1.82, 2.24) is 4.90 Å². The lowest BCUT2D eigenvalue weighted by Crippen LogP contribution is -2.36. The Labute approximate surface area is 89.8 Å². The normalized spacial score (nSPS) is 12.6. The summed E-state index contributed by atoms with van der Waals surface area (Å²) >= 11 is 3.35. The number of hydrogen-bond donors (Lipinski definition) is 0. The lowest BCUT2D eigenvalue weighted by molar-refractivity contribution is -0.134. The van der Waals surface area contributed by atoms with Gasteiger partial charge in [-0.25, -0.2) is 0 Å². The van der Waals surface area contributed by atoms with E-state index in [0.717, 1.165) is 31.3 Å². The lowest BCUT2D eigenvalue weighted by Gasteiger charge is -2.23. The van der Waals surface area contributed by atoms with Gasteiger partial charge in [0.05, 0.1) is 0 Å². The van der Waals surface area contributed by atoms with E-state index in [9.17, 15) is 4.79 Å². The van der Waals surface area contributed by atoms with Crippen molar-refractivity contribution in [2.45, 2.75) is 33.6 Å². The van der Waals surface area contributed by atoms with Gasteiger partial charge in [0.2, 0.25) is 5.91 Å². The highest BCUT2D eigenvalue weighted by atomic mass is 79.9. The van der Waals surface area contributed by atoms with E-state index in [1.54, 1.807) is 0 Å². The van der Waals surface area contributed by atoms with Crippen molar-refractivity contribution in [2.75, 3.05) is 18.4 Å². The number of carbonyl (C=O) groups is 1. The van der Waals surface area contributed by atoms with Crippen molar-refractivity contribution in [2.24, 2.45) is 5.92 Å². The van der Waals surface area contributed by atoms with E-state index in [2.05, 4.69) is 22.9 Å². The molecule has 0 N–H and O–H groups in total. The van der Waals surface area contributed by atoms with Crippen molar-refractivity contribution in [3.05, 3.63) is 0 Å². The van der Waals surface area contributed by atoms with Crippen LogP contribution in [0.1, 0.15) is 33.6 Å². The molecule has 0 aromatic rings. The van der Waals surface area contributed by atoms with E-state index in [4.69, 9.17) is 0 Å². The molecule has 0 heterocycles. The van der Waals surface area contributed by atoms with E-state index in [1.165, 1.54) is 0 Å². The number of amides is 1. The molecule has 0 radical (unpaired) electrons. The summed E-state index contributed by atoms with van der Waals surface area (Å²) < 4.78 is 0. The molecule has 0 aromatic heterocycles. The summed E-state index contributed by atoms with van der Waals surface area (Å²) in [5.41, 5.74) is 0. The first-order chi connectivity index (χ1) is 6.17. The van der Waals surface area contributed by atoms with Crippen molar-refractivity contribution in [1.29, 1.82) is 0 Å². The minimum absolute atomic E-state index is 0.184. The van der Waals surface area contributed by atoms with Crippen LogP contribution in [0.5, 0.6) is 0 Å². The summed E-state index contributed by atoms with van der Waals surface area (Å²) in [6.45, 7) is 7.80. The Morgan fingerprint density at radius 1 is 1.46 bits per heavy atom. The zero-order valence-electron chi connectivity index (χ0n) is 8.85. The Balaban J connectivity index is 4.02. The largest absolute Gasteiger partial charge is 0.342 e. The molecule has 0 saturated heterocycles. The molecule has 0 saturated carbocycles. The van der Waals surface area contributed by atoms with Gasteiger partial charge in [0.1, 0.15) is 0 Å². The van der Waals surface area contributed by atoms with Crippen LogP contribution in [0.3, 0.4) is 0 Å². The van der Waals surface area contributed by atoms with Gasteiger partial charge in [-0.2, -0.15) is 0 Å². The van der Waals surface area contributed by atoms with Gasteiger partial charge >= 0.3 is 0 Å². The fraction of sp³-hybridized carbons (Fsp3) is 0.900. The van der Waals surface area contributed by atoms with Gasteiger partial charge < -0.3 is 4.90 Å². The maximum absolute atomic E-state index is 11.8. The second kappa shape index (κ2) is 7.36. The fourth-order valence-corrected chi connectivity index (χ4v) is 1.82. The Morgan fingerprint density at radius 3 is 2.46 bits per heavy atom. The van der Waals surface area contributed by atoms with E-state index < -0.39 is 0 Å². The average molecular weight is 250 g/mol. The molecule has 1 unspecified atom stereocenters. The molecule has 2 nitrogen and oxygen atoms in total. The van der Waals surface area contributed by atoms with E-state index >= 15 is 0 Å². The number of alkyl halides is 1. The molecular formula is C10H20BrNO. The summed E-state index contributed by atoms with van der Waals surface area (Å²) in [7, 11) is 0. The van der Waals surface area contributed by atoms with Crippen LogP contribution in [-0.2, 0) is 4.79 Å². The van der Waals surface area contributed by atoms with E-state index in [0.29, 0.717) is 5.91 Å². The molecule has 1 amide bonds. The zero-order chi connectivity index (χ0) is 10.3. The van der Waals surface area contributed by atoms with E-state index in [1.807, 2.05) is 18.7 Å². The van der Waals surface area contributed by atoms with Gasteiger partial charge in [-0.05, 0) is 13.3 Å². The average Bonchev–Trinajstić information content (AvgIpc) is 2.13. The molecule has 3 heteroatoms. The van der Waals surface area contributed by atoms with Crippen molar-refractivity contribution in [3.8, 4) is 0 Å². The molecule has 0 aliphatic rings. The molecule has 78 valence electrons. The van der Waals surface area contributed by atoms with Crippen LogP contribution in [0.2, 0.25) is 0 Å². The maximum atomic E-state index is 11.8. The van der Waals surface area contributed by atoms with Crippen LogP contribution in [0.15, 0.2) is 0 Å². The second-order valence-corrected chi connectivity index (χ2v) is 4.09. The highest BCUT2D eigenvalue weighted by Crippen LogP contribution is 2.09. The van der Waals surface area contributed by atoms with Crippen LogP contribution < -0.4 is 0 Å². The third kappa shape index (κ3) is 4.65. The van der Waals surface area contributed by atoms with Crippen LogP contribution in [0.25, 0.3) is 0 Å². The van der Waals surface area contributed by atoms with Crippen LogP contribution >= 0.6 is 15.9 Å². The topological polar surface area (TPSA) is 20.3 Å². The number of hydrogen-bond acceptors (Lipinski definition) is 1. The molecule has 0 aromatic carbocycles. The maximum Gasteiger partial charge on any atom is 0.225 e. The lowest BCUT2D eigenvalue weighted by atomic mass is 10.0. The Kier molecular flexibility index (Phi) is 7.33. The van der Waals surface area contributed by atoms with Crippen LogP contribution in [0.4, 0.5) is 0 Å². The van der Waals surface area contributed by atoms with Gasteiger partial charge in [0.25, 0.3) is 0 Å². The van der Waals surface area contributed by atoms with E-state index in [-0.39, 0.29) is 5.92 Å². The molecule has 13 heavy (non-hydrogen) atoms. The van der Waals surface area contributed by atoms with Crippen molar-refractivity contribution >= 4 is 21.8 Å². The standard InChI is InChI=1S/C10H20BrNO/c1-4-6-9(3)10(13)12(5-2)8-7-11/h9H,4-8H2,1-3H3. The Hall–Kier alpha value is -0.0500. The Morgan fingerprint density at radius 2 is 2.08 bits per heavy atom. The summed E-state index contributed by atoms with van der Waals surface area (Å²) in [4.78, 5) is 13.7. The third-order valence-corrected chi connectivity index (χ3v) is 2.55. The molecule has 0 aliphatic carbocycles. The fourth-order valence-electron chi connectivity index (χ4n) is 1.39. The smallest absolute Gasteiger partial charge is 0.225 e. The van der Waals surface area contributed by atoms with Gasteiger partial charge in [-0.15, -0.1) is 0 Å². The van der Waals surface area contributed by atoms with Gasteiger partial charge in [0.15, 0.2) is 0 Å².